The van der Waals surface area contributed by atoms with Crippen molar-refractivity contribution >= 4 is 35.5 Å². The van der Waals surface area contributed by atoms with E-state index in [1.807, 2.05) is 68.4 Å². The van der Waals surface area contributed by atoms with E-state index >= 15 is 0 Å². The van der Waals surface area contributed by atoms with Gasteiger partial charge in [0, 0.05) is 0 Å². The summed E-state index contributed by atoms with van der Waals surface area (Å²) in [5.74, 6) is 0.165. The molecule has 1 aromatic heterocycles. The normalized spacial score (nSPS) is 12.6. The van der Waals surface area contributed by atoms with Gasteiger partial charge in [0.2, 0.25) is 5.88 Å². The molecule has 2 aromatic carbocycles. The molecule has 3 rings (SSSR count). The van der Waals surface area contributed by atoms with Gasteiger partial charge in [0.15, 0.2) is 3.95 Å². The number of aromatic nitrogens is 1. The van der Waals surface area contributed by atoms with Crippen LogP contribution in [0.1, 0.15) is 29.0 Å². The van der Waals surface area contributed by atoms with Gasteiger partial charge in [-0.2, -0.15) is 0 Å². The predicted molar refractivity (Wildman–Crippen MR) is 103 cm³/mol. The van der Waals surface area contributed by atoms with Crippen LogP contribution in [0, 0.1) is 10.9 Å². The Balaban J connectivity index is 1.96. The minimum Gasteiger partial charge on any atom is -0.493 e. The molecule has 0 bridgehead atoms. The third-order valence-electron chi connectivity index (χ3n) is 3.95. The minimum absolute atomic E-state index is 0.0319. The highest BCUT2D eigenvalue weighted by Crippen LogP contribution is 2.31. The number of para-hydroxylation sites is 1. The van der Waals surface area contributed by atoms with Gasteiger partial charge in [0.1, 0.15) is 4.88 Å². The molecule has 0 unspecified atom stereocenters. The van der Waals surface area contributed by atoms with Gasteiger partial charge < -0.3 is 5.11 Å². The molecule has 0 saturated heterocycles. The molecule has 1 atom stereocenters. The monoisotopic (exact) mass is 354 g/mol. The highest BCUT2D eigenvalue weighted by Gasteiger charge is 2.16. The molecule has 1 heterocycles. The second kappa shape index (κ2) is 7.11. The first-order valence-electron chi connectivity index (χ1n) is 7.67. The van der Waals surface area contributed by atoms with E-state index in [-0.39, 0.29) is 11.9 Å². The van der Waals surface area contributed by atoms with Crippen molar-refractivity contribution in [1.82, 2.24) is 4.57 Å². The molecule has 24 heavy (non-hydrogen) atoms. The van der Waals surface area contributed by atoms with Crippen molar-refractivity contribution in [2.24, 2.45) is 4.99 Å². The van der Waals surface area contributed by atoms with Crippen LogP contribution < -0.4 is 0 Å². The smallest absolute Gasteiger partial charge is 0.212 e. The van der Waals surface area contributed by atoms with Gasteiger partial charge in [-0.25, -0.2) is 0 Å². The van der Waals surface area contributed by atoms with Crippen LogP contribution in [0.25, 0.3) is 0 Å². The van der Waals surface area contributed by atoms with Gasteiger partial charge in [-0.1, -0.05) is 59.9 Å². The lowest BCUT2D eigenvalue weighted by Crippen LogP contribution is -2.06. The number of hydrogen-bond donors (Lipinski definition) is 1. The van der Waals surface area contributed by atoms with Gasteiger partial charge in [0.05, 0.1) is 17.9 Å². The Kier molecular flexibility index (Phi) is 4.92. The van der Waals surface area contributed by atoms with Gasteiger partial charge >= 0.3 is 0 Å². The molecule has 1 N–H and O–H groups in total. The maximum absolute atomic E-state index is 10.6. The van der Waals surface area contributed by atoms with Crippen molar-refractivity contribution < 1.29 is 5.11 Å². The number of aryl methyl sites for hydroxylation is 1. The zero-order valence-corrected chi connectivity index (χ0v) is 15.1. The molecule has 0 aliphatic heterocycles. The largest absolute Gasteiger partial charge is 0.493 e. The highest BCUT2D eigenvalue weighted by molar-refractivity contribution is 7.73. The van der Waals surface area contributed by atoms with Crippen LogP contribution in [0.3, 0.4) is 0 Å². The van der Waals surface area contributed by atoms with E-state index in [0.29, 0.717) is 8.83 Å². The third kappa shape index (κ3) is 3.32. The first-order valence-corrected chi connectivity index (χ1v) is 8.89. The molecule has 0 saturated carbocycles. The number of hydrogen-bond acceptors (Lipinski definition) is 4. The molecule has 0 aliphatic rings. The van der Waals surface area contributed by atoms with E-state index in [1.165, 1.54) is 11.3 Å². The number of nitrogens with zero attached hydrogens (tertiary/aromatic N) is 2. The summed E-state index contributed by atoms with van der Waals surface area (Å²) in [6.45, 7) is 4.04. The highest BCUT2D eigenvalue weighted by atomic mass is 32.1. The van der Waals surface area contributed by atoms with Crippen molar-refractivity contribution in [3.05, 3.63) is 74.6 Å². The van der Waals surface area contributed by atoms with Crippen LogP contribution in [-0.2, 0) is 0 Å². The van der Waals surface area contributed by atoms with Crippen LogP contribution in [0.2, 0.25) is 0 Å². The molecule has 0 spiro atoms. The molecule has 3 aromatic rings. The Morgan fingerprint density at radius 3 is 2.50 bits per heavy atom. The molecule has 3 nitrogen and oxygen atoms in total. The van der Waals surface area contributed by atoms with Crippen molar-refractivity contribution in [2.45, 2.75) is 19.9 Å². The van der Waals surface area contributed by atoms with Crippen LogP contribution in [-0.4, -0.2) is 15.9 Å². The fourth-order valence-corrected chi connectivity index (χ4v) is 3.88. The predicted octanol–water partition coefficient (Wildman–Crippen LogP) is 5.65. The Labute approximate surface area is 150 Å². The van der Waals surface area contributed by atoms with Gasteiger partial charge in [-0.3, -0.25) is 9.56 Å². The van der Waals surface area contributed by atoms with Gasteiger partial charge in [-0.15, -0.1) is 0 Å². The number of benzene rings is 2. The number of thiazole rings is 1. The lowest BCUT2D eigenvalue weighted by Gasteiger charge is -2.14. The average molecular weight is 355 g/mol. The molecular weight excluding hydrogens is 336 g/mol. The Morgan fingerprint density at radius 1 is 1.12 bits per heavy atom. The van der Waals surface area contributed by atoms with Crippen LogP contribution in [0.4, 0.5) is 5.69 Å². The molecule has 122 valence electrons. The zero-order chi connectivity index (χ0) is 17.1. The Hall–Kier alpha value is -2.24. The fourth-order valence-electron chi connectivity index (χ4n) is 2.54. The SMILES string of the molecule is Cc1ccccc1N=Cc1sc(=S)n([C@H](C)c2ccccc2)c1O. The van der Waals surface area contributed by atoms with E-state index in [4.69, 9.17) is 12.2 Å². The summed E-state index contributed by atoms with van der Waals surface area (Å²) in [5, 5.41) is 10.6. The summed E-state index contributed by atoms with van der Waals surface area (Å²) in [6, 6.07) is 17.9. The van der Waals surface area contributed by atoms with Crippen molar-refractivity contribution in [1.29, 1.82) is 0 Å². The second-order valence-electron chi connectivity index (χ2n) is 5.56. The van der Waals surface area contributed by atoms with E-state index < -0.39 is 0 Å². The molecule has 0 fully saturated rings. The number of rotatable bonds is 4. The summed E-state index contributed by atoms with van der Waals surface area (Å²) in [5.41, 5.74) is 3.08. The maximum atomic E-state index is 10.6. The van der Waals surface area contributed by atoms with Crippen LogP contribution >= 0.6 is 23.6 Å². The molecule has 5 heteroatoms. The average Bonchev–Trinajstić information content (AvgIpc) is 2.88. The summed E-state index contributed by atoms with van der Waals surface area (Å²) in [4.78, 5) is 5.16. The van der Waals surface area contributed by atoms with Crippen molar-refractivity contribution in [2.75, 3.05) is 0 Å². The summed E-state index contributed by atoms with van der Waals surface area (Å²) >= 11 is 6.82. The van der Waals surface area contributed by atoms with Gasteiger partial charge in [-0.05, 0) is 43.3 Å². The van der Waals surface area contributed by atoms with Crippen LogP contribution in [0.5, 0.6) is 5.88 Å². The first-order chi connectivity index (χ1) is 11.6. The summed E-state index contributed by atoms with van der Waals surface area (Å²) in [6.07, 6.45) is 1.69. The fraction of sp³-hybridized carbons (Fsp3) is 0.158. The van der Waals surface area contributed by atoms with E-state index in [2.05, 4.69) is 4.99 Å². The van der Waals surface area contributed by atoms with E-state index in [9.17, 15) is 5.11 Å². The molecular formula is C19H18N2OS2. The van der Waals surface area contributed by atoms with E-state index in [0.717, 1.165) is 16.8 Å². The minimum atomic E-state index is -0.0319. The van der Waals surface area contributed by atoms with Crippen molar-refractivity contribution in [3.8, 4) is 5.88 Å². The van der Waals surface area contributed by atoms with Crippen LogP contribution in [0.15, 0.2) is 59.6 Å². The number of aliphatic imine (C=N–C) groups is 1. The molecule has 0 aliphatic carbocycles. The van der Waals surface area contributed by atoms with Gasteiger partial charge in [0.25, 0.3) is 0 Å². The molecule has 0 amide bonds. The Morgan fingerprint density at radius 2 is 1.79 bits per heavy atom. The maximum Gasteiger partial charge on any atom is 0.212 e. The standard InChI is InChI=1S/C19H18N2OS2/c1-13-8-6-7-11-16(13)20-12-17-18(22)21(19(23)24-17)14(2)15-9-4-3-5-10-15/h3-12,14,22H,1-2H3/t14-/m1/s1. The molecule has 0 radical (unpaired) electrons. The lowest BCUT2D eigenvalue weighted by atomic mass is 10.1. The lowest BCUT2D eigenvalue weighted by molar-refractivity contribution is 0.405. The summed E-state index contributed by atoms with van der Waals surface area (Å²) < 4.78 is 2.41. The van der Waals surface area contributed by atoms with E-state index in [1.54, 1.807) is 10.8 Å². The van der Waals surface area contributed by atoms with Crippen molar-refractivity contribution in [3.63, 3.8) is 0 Å². The summed E-state index contributed by atoms with van der Waals surface area (Å²) in [7, 11) is 0. The quantitative estimate of drug-likeness (QED) is 0.485. The zero-order valence-electron chi connectivity index (χ0n) is 13.5. The topological polar surface area (TPSA) is 37.5 Å². The number of aromatic hydroxyl groups is 1. The second-order valence-corrected chi connectivity index (χ2v) is 7.23. The first kappa shape index (κ1) is 16.6. The third-order valence-corrected chi connectivity index (χ3v) is 5.27. The Bertz CT molecular complexity index is 926.